The van der Waals surface area contributed by atoms with Crippen LogP contribution in [0.15, 0.2) is 53.7 Å². The first-order valence-corrected chi connectivity index (χ1v) is 8.78. The molecule has 0 spiro atoms. The van der Waals surface area contributed by atoms with Crippen LogP contribution in [-0.2, 0) is 4.79 Å². The molecule has 0 saturated carbocycles. The number of nitrogens with zero attached hydrogens (tertiary/aromatic N) is 1. The van der Waals surface area contributed by atoms with E-state index in [1.165, 1.54) is 12.1 Å². The predicted molar refractivity (Wildman–Crippen MR) is 91.7 cm³/mol. The van der Waals surface area contributed by atoms with Crippen molar-refractivity contribution in [3.05, 3.63) is 60.0 Å². The van der Waals surface area contributed by atoms with Crippen molar-refractivity contribution in [3.63, 3.8) is 0 Å². The first-order valence-electron chi connectivity index (χ1n) is 7.79. The van der Waals surface area contributed by atoms with E-state index in [0.29, 0.717) is 13.1 Å². The summed E-state index contributed by atoms with van der Waals surface area (Å²) in [5, 5.41) is 3.89. The standard InChI is InChI=1S/C17H19FN4OS/c18-13-5-3-4-12(10-13)16-14(11-21-22-16)17(23)20-8-9-24-15-6-1-2-7-19-15/h1-7,10,14,16,21-22H,8-9,11H2,(H,20,23). The minimum atomic E-state index is -0.299. The lowest BCUT2D eigenvalue weighted by Crippen LogP contribution is -2.36. The normalized spacial score (nSPS) is 20.0. The molecule has 0 radical (unpaired) electrons. The lowest BCUT2D eigenvalue weighted by atomic mass is 9.94. The minimum absolute atomic E-state index is 0.0385. The van der Waals surface area contributed by atoms with Crippen LogP contribution < -0.4 is 16.2 Å². The Labute approximate surface area is 144 Å². The molecule has 0 aliphatic carbocycles. The number of pyridine rings is 1. The van der Waals surface area contributed by atoms with Crippen LogP contribution >= 0.6 is 11.8 Å². The highest BCUT2D eigenvalue weighted by atomic mass is 32.2. The smallest absolute Gasteiger partial charge is 0.226 e. The van der Waals surface area contributed by atoms with E-state index in [2.05, 4.69) is 21.2 Å². The molecule has 126 valence electrons. The molecule has 7 heteroatoms. The molecular weight excluding hydrogens is 327 g/mol. The summed E-state index contributed by atoms with van der Waals surface area (Å²) < 4.78 is 13.4. The largest absolute Gasteiger partial charge is 0.355 e. The van der Waals surface area contributed by atoms with Gasteiger partial charge in [0.25, 0.3) is 0 Å². The maximum atomic E-state index is 13.4. The number of carbonyl (C=O) groups excluding carboxylic acids is 1. The van der Waals surface area contributed by atoms with Crippen LogP contribution in [-0.4, -0.2) is 29.7 Å². The fraction of sp³-hybridized carbons (Fsp3) is 0.294. The molecule has 2 unspecified atom stereocenters. The number of amides is 1. The molecule has 1 amide bonds. The fourth-order valence-corrected chi connectivity index (χ4v) is 3.37. The third kappa shape index (κ3) is 4.31. The number of hydrogen-bond donors (Lipinski definition) is 3. The number of hydrazine groups is 1. The summed E-state index contributed by atoms with van der Waals surface area (Å²) in [4.78, 5) is 16.6. The second-order valence-electron chi connectivity index (χ2n) is 5.47. The molecule has 2 heterocycles. The fourth-order valence-electron chi connectivity index (χ4n) is 2.65. The molecule has 0 bridgehead atoms. The number of thioether (sulfide) groups is 1. The van der Waals surface area contributed by atoms with Crippen LogP contribution in [0.3, 0.4) is 0 Å². The number of carbonyl (C=O) groups is 1. The van der Waals surface area contributed by atoms with Crippen molar-refractivity contribution in [1.29, 1.82) is 0 Å². The average Bonchev–Trinajstić information content (AvgIpc) is 3.09. The Hall–Kier alpha value is -1.96. The van der Waals surface area contributed by atoms with Crippen molar-refractivity contribution < 1.29 is 9.18 Å². The van der Waals surface area contributed by atoms with Crippen molar-refractivity contribution in [1.82, 2.24) is 21.2 Å². The van der Waals surface area contributed by atoms with Gasteiger partial charge in [-0.1, -0.05) is 18.2 Å². The van der Waals surface area contributed by atoms with Gasteiger partial charge < -0.3 is 5.32 Å². The monoisotopic (exact) mass is 346 g/mol. The summed E-state index contributed by atoms with van der Waals surface area (Å²) in [5.41, 5.74) is 6.81. The molecule has 1 aliphatic heterocycles. The van der Waals surface area contributed by atoms with Crippen molar-refractivity contribution >= 4 is 17.7 Å². The number of halogens is 1. The number of hydrogen-bond acceptors (Lipinski definition) is 5. The van der Waals surface area contributed by atoms with Crippen molar-refractivity contribution in [2.24, 2.45) is 5.92 Å². The van der Waals surface area contributed by atoms with Crippen molar-refractivity contribution in [2.45, 2.75) is 11.1 Å². The Morgan fingerprint density at radius 1 is 1.33 bits per heavy atom. The molecule has 1 aromatic carbocycles. The van der Waals surface area contributed by atoms with Gasteiger partial charge in [0.15, 0.2) is 0 Å². The van der Waals surface area contributed by atoms with E-state index in [0.717, 1.165) is 16.3 Å². The van der Waals surface area contributed by atoms with E-state index in [9.17, 15) is 9.18 Å². The molecule has 1 aliphatic rings. The Morgan fingerprint density at radius 3 is 3.04 bits per heavy atom. The molecule has 1 fully saturated rings. The maximum Gasteiger partial charge on any atom is 0.226 e. The second-order valence-corrected chi connectivity index (χ2v) is 6.59. The third-order valence-electron chi connectivity index (χ3n) is 3.82. The molecule has 1 saturated heterocycles. The average molecular weight is 346 g/mol. The molecule has 3 N–H and O–H groups in total. The summed E-state index contributed by atoms with van der Waals surface area (Å²) in [6, 6.07) is 11.9. The van der Waals surface area contributed by atoms with Crippen LogP contribution in [0.5, 0.6) is 0 Å². The predicted octanol–water partition coefficient (Wildman–Crippen LogP) is 1.89. The Kier molecular flexibility index (Phi) is 5.79. The van der Waals surface area contributed by atoms with Crippen LogP contribution in [0.2, 0.25) is 0 Å². The van der Waals surface area contributed by atoms with E-state index < -0.39 is 0 Å². The third-order valence-corrected chi connectivity index (χ3v) is 4.76. The molecular formula is C17H19FN4OS. The zero-order valence-electron chi connectivity index (χ0n) is 13.0. The lowest BCUT2D eigenvalue weighted by molar-refractivity contribution is -0.124. The molecule has 2 atom stereocenters. The zero-order valence-corrected chi connectivity index (χ0v) is 13.9. The second kappa shape index (κ2) is 8.23. The highest BCUT2D eigenvalue weighted by Crippen LogP contribution is 2.25. The quantitative estimate of drug-likeness (QED) is 0.551. The van der Waals surface area contributed by atoms with Crippen LogP contribution in [0.25, 0.3) is 0 Å². The first kappa shape index (κ1) is 16.9. The highest BCUT2D eigenvalue weighted by Gasteiger charge is 2.33. The summed E-state index contributed by atoms with van der Waals surface area (Å²) in [6.07, 6.45) is 1.75. The lowest BCUT2D eigenvalue weighted by Gasteiger charge is -2.18. The molecule has 3 rings (SSSR count). The maximum absolute atomic E-state index is 13.4. The van der Waals surface area contributed by atoms with E-state index in [1.54, 1.807) is 24.0 Å². The summed E-state index contributed by atoms with van der Waals surface area (Å²) in [6.45, 7) is 1.08. The Balaban J connectivity index is 1.50. The Bertz CT molecular complexity index is 685. The molecule has 1 aromatic heterocycles. The molecule has 24 heavy (non-hydrogen) atoms. The van der Waals surface area contributed by atoms with Gasteiger partial charge in [-0.2, -0.15) is 0 Å². The van der Waals surface area contributed by atoms with Crippen LogP contribution in [0, 0.1) is 11.7 Å². The van der Waals surface area contributed by atoms with E-state index in [-0.39, 0.29) is 23.7 Å². The zero-order chi connectivity index (χ0) is 16.8. The first-order chi connectivity index (χ1) is 11.7. The SMILES string of the molecule is O=C(NCCSc1ccccn1)C1CNNC1c1cccc(F)c1. The van der Waals surface area contributed by atoms with Gasteiger partial charge >= 0.3 is 0 Å². The van der Waals surface area contributed by atoms with Gasteiger partial charge in [0.1, 0.15) is 5.82 Å². The Morgan fingerprint density at radius 2 is 2.25 bits per heavy atom. The van der Waals surface area contributed by atoms with Crippen LogP contribution in [0.4, 0.5) is 4.39 Å². The minimum Gasteiger partial charge on any atom is -0.355 e. The van der Waals surface area contributed by atoms with Gasteiger partial charge in [-0.15, -0.1) is 11.8 Å². The van der Waals surface area contributed by atoms with Gasteiger partial charge in [-0.05, 0) is 29.8 Å². The number of rotatable bonds is 6. The van der Waals surface area contributed by atoms with Crippen LogP contribution in [0.1, 0.15) is 11.6 Å². The molecule has 2 aromatic rings. The van der Waals surface area contributed by atoms with E-state index in [1.807, 2.05) is 24.3 Å². The summed E-state index contributed by atoms with van der Waals surface area (Å²) in [5.74, 6) is 0.142. The van der Waals surface area contributed by atoms with Crippen molar-refractivity contribution in [2.75, 3.05) is 18.8 Å². The summed E-state index contributed by atoms with van der Waals surface area (Å²) >= 11 is 1.60. The van der Waals surface area contributed by atoms with E-state index in [4.69, 9.17) is 0 Å². The number of aromatic nitrogens is 1. The molecule has 5 nitrogen and oxygen atoms in total. The highest BCUT2D eigenvalue weighted by molar-refractivity contribution is 7.99. The number of nitrogens with one attached hydrogen (secondary N) is 3. The van der Waals surface area contributed by atoms with Gasteiger partial charge in [0, 0.05) is 25.0 Å². The van der Waals surface area contributed by atoms with Gasteiger partial charge in [0.05, 0.1) is 17.0 Å². The number of benzene rings is 1. The van der Waals surface area contributed by atoms with Crippen molar-refractivity contribution in [3.8, 4) is 0 Å². The summed E-state index contributed by atoms with van der Waals surface area (Å²) in [7, 11) is 0. The van der Waals surface area contributed by atoms with E-state index >= 15 is 0 Å². The van der Waals surface area contributed by atoms with Gasteiger partial charge in [0.2, 0.25) is 5.91 Å². The van der Waals surface area contributed by atoms with Gasteiger partial charge in [-0.3, -0.25) is 10.2 Å². The topological polar surface area (TPSA) is 66.0 Å². The van der Waals surface area contributed by atoms with Gasteiger partial charge in [-0.25, -0.2) is 14.8 Å².